The summed E-state index contributed by atoms with van der Waals surface area (Å²) in [5, 5.41) is 8.89. The summed E-state index contributed by atoms with van der Waals surface area (Å²) >= 11 is 0. The van der Waals surface area contributed by atoms with Crippen LogP contribution in [0.2, 0.25) is 0 Å². The maximum Gasteiger partial charge on any atom is 0.416 e. The molecule has 0 aliphatic heterocycles. The van der Waals surface area contributed by atoms with Crippen LogP contribution >= 0.6 is 0 Å². The Bertz CT molecular complexity index is 598. The van der Waals surface area contributed by atoms with E-state index in [1.165, 1.54) is 12.1 Å². The molecule has 0 amide bonds. The van der Waals surface area contributed by atoms with E-state index in [1.807, 2.05) is 0 Å². The maximum atomic E-state index is 12.6. The lowest BCUT2D eigenvalue weighted by molar-refractivity contribution is -0.137. The highest BCUT2D eigenvalue weighted by atomic mass is 19.4. The molecule has 20 heavy (non-hydrogen) atoms. The molecule has 0 spiro atoms. The minimum atomic E-state index is -4.52. The van der Waals surface area contributed by atoms with Gasteiger partial charge >= 0.3 is 6.18 Å². The Morgan fingerprint density at radius 1 is 1.15 bits per heavy atom. The second kappa shape index (κ2) is 5.38. The molecule has 2 rings (SSSR count). The molecular formula is C13H11F3N2O2. The van der Waals surface area contributed by atoms with E-state index in [0.29, 0.717) is 11.3 Å². The Balaban J connectivity index is 2.26. The van der Waals surface area contributed by atoms with Crippen LogP contribution in [0.3, 0.4) is 0 Å². The van der Waals surface area contributed by atoms with E-state index in [9.17, 15) is 13.2 Å². The molecule has 1 aromatic carbocycles. The first kappa shape index (κ1) is 14.1. The van der Waals surface area contributed by atoms with E-state index < -0.39 is 11.7 Å². The molecule has 3 N–H and O–H groups in total. The normalized spacial score (nSPS) is 11.4. The van der Waals surface area contributed by atoms with E-state index in [-0.39, 0.29) is 18.3 Å². The SMILES string of the molecule is Nc1cc(C(F)(F)F)cc(Oc2ccc(CO)cc2)n1. The average Bonchev–Trinajstić information content (AvgIpc) is 2.38. The van der Waals surface area contributed by atoms with Gasteiger partial charge in [0.05, 0.1) is 12.2 Å². The van der Waals surface area contributed by atoms with Gasteiger partial charge in [-0.25, -0.2) is 0 Å². The number of aliphatic hydroxyl groups is 1. The van der Waals surface area contributed by atoms with Gasteiger partial charge in [-0.05, 0) is 23.8 Å². The smallest absolute Gasteiger partial charge is 0.416 e. The Morgan fingerprint density at radius 3 is 2.35 bits per heavy atom. The molecule has 0 bridgehead atoms. The van der Waals surface area contributed by atoms with Gasteiger partial charge in [-0.3, -0.25) is 0 Å². The first-order valence-electron chi connectivity index (χ1n) is 5.61. The van der Waals surface area contributed by atoms with Crippen molar-refractivity contribution >= 4 is 5.82 Å². The quantitative estimate of drug-likeness (QED) is 0.909. The fourth-order valence-electron chi connectivity index (χ4n) is 1.53. The van der Waals surface area contributed by atoms with Crippen LogP contribution in [0, 0.1) is 0 Å². The van der Waals surface area contributed by atoms with Crippen LogP contribution in [0.25, 0.3) is 0 Å². The number of alkyl halides is 3. The first-order chi connectivity index (χ1) is 9.38. The van der Waals surface area contributed by atoms with Gasteiger partial charge in [0.25, 0.3) is 0 Å². The number of benzene rings is 1. The molecule has 0 atom stereocenters. The summed E-state index contributed by atoms with van der Waals surface area (Å²) in [4.78, 5) is 3.69. The molecule has 1 aromatic heterocycles. The molecule has 2 aromatic rings. The maximum absolute atomic E-state index is 12.6. The standard InChI is InChI=1S/C13H11F3N2O2/c14-13(15,16)9-5-11(17)18-12(6-9)20-10-3-1-8(7-19)2-4-10/h1-6,19H,7H2,(H2,17,18). The number of nitrogens with two attached hydrogens (primary N) is 1. The van der Waals surface area contributed by atoms with E-state index >= 15 is 0 Å². The third-order valence-electron chi connectivity index (χ3n) is 2.48. The molecule has 0 saturated heterocycles. The van der Waals surface area contributed by atoms with Gasteiger partial charge in [0.15, 0.2) is 0 Å². The van der Waals surface area contributed by atoms with Gasteiger partial charge in [0.2, 0.25) is 5.88 Å². The zero-order valence-electron chi connectivity index (χ0n) is 10.2. The van der Waals surface area contributed by atoms with Crippen LogP contribution in [0.4, 0.5) is 19.0 Å². The van der Waals surface area contributed by atoms with Crippen molar-refractivity contribution in [3.8, 4) is 11.6 Å². The summed E-state index contributed by atoms with van der Waals surface area (Å²) < 4.78 is 43.1. The molecule has 0 aliphatic carbocycles. The number of ether oxygens (including phenoxy) is 1. The van der Waals surface area contributed by atoms with Crippen LogP contribution in [0.1, 0.15) is 11.1 Å². The molecule has 106 valence electrons. The lowest BCUT2D eigenvalue weighted by atomic mass is 10.2. The molecule has 7 heteroatoms. The number of hydrogen-bond donors (Lipinski definition) is 2. The fraction of sp³-hybridized carbons (Fsp3) is 0.154. The second-order valence-corrected chi connectivity index (χ2v) is 4.02. The van der Waals surface area contributed by atoms with Gasteiger partial charge < -0.3 is 15.6 Å². The summed E-state index contributed by atoms with van der Waals surface area (Å²) in [6.45, 7) is -0.130. The Morgan fingerprint density at radius 2 is 1.80 bits per heavy atom. The van der Waals surface area contributed by atoms with E-state index in [4.69, 9.17) is 15.6 Å². The van der Waals surface area contributed by atoms with Crippen molar-refractivity contribution in [3.05, 3.63) is 47.5 Å². The number of halogens is 3. The third-order valence-corrected chi connectivity index (χ3v) is 2.48. The third kappa shape index (κ3) is 3.39. The van der Waals surface area contributed by atoms with Crippen molar-refractivity contribution in [2.75, 3.05) is 5.73 Å². The van der Waals surface area contributed by atoms with Crippen molar-refractivity contribution in [2.24, 2.45) is 0 Å². The summed E-state index contributed by atoms with van der Waals surface area (Å²) in [6.07, 6.45) is -4.52. The molecule has 0 radical (unpaired) electrons. The number of aromatic nitrogens is 1. The molecule has 0 unspecified atom stereocenters. The fourth-order valence-corrected chi connectivity index (χ4v) is 1.53. The van der Waals surface area contributed by atoms with Crippen LogP contribution in [-0.4, -0.2) is 10.1 Å². The summed E-state index contributed by atoms with van der Waals surface area (Å²) in [5.74, 6) is -0.218. The number of aliphatic hydroxyl groups excluding tert-OH is 1. The molecule has 4 nitrogen and oxygen atoms in total. The largest absolute Gasteiger partial charge is 0.439 e. The highest BCUT2D eigenvalue weighted by molar-refractivity contribution is 5.40. The minimum absolute atomic E-state index is 0.130. The Labute approximate surface area is 112 Å². The lowest BCUT2D eigenvalue weighted by Crippen LogP contribution is -2.07. The molecule has 1 heterocycles. The Hall–Kier alpha value is -2.28. The van der Waals surface area contributed by atoms with Crippen molar-refractivity contribution in [1.82, 2.24) is 4.98 Å². The number of nitrogens with zero attached hydrogens (tertiary/aromatic N) is 1. The average molecular weight is 284 g/mol. The van der Waals surface area contributed by atoms with Crippen molar-refractivity contribution in [1.29, 1.82) is 0 Å². The van der Waals surface area contributed by atoms with Crippen molar-refractivity contribution in [3.63, 3.8) is 0 Å². The van der Waals surface area contributed by atoms with Gasteiger partial charge in [-0.1, -0.05) is 12.1 Å². The van der Waals surface area contributed by atoms with E-state index in [2.05, 4.69) is 4.98 Å². The van der Waals surface area contributed by atoms with E-state index in [1.54, 1.807) is 12.1 Å². The molecule has 0 fully saturated rings. The number of rotatable bonds is 3. The van der Waals surface area contributed by atoms with Crippen LogP contribution in [-0.2, 0) is 12.8 Å². The van der Waals surface area contributed by atoms with Gasteiger partial charge in [-0.2, -0.15) is 18.2 Å². The van der Waals surface area contributed by atoms with Crippen LogP contribution < -0.4 is 10.5 Å². The van der Waals surface area contributed by atoms with E-state index in [0.717, 1.165) is 12.1 Å². The predicted molar refractivity (Wildman–Crippen MR) is 66.1 cm³/mol. The zero-order chi connectivity index (χ0) is 14.8. The number of hydrogen-bond acceptors (Lipinski definition) is 4. The first-order valence-corrected chi connectivity index (χ1v) is 5.61. The van der Waals surface area contributed by atoms with Gasteiger partial charge in [-0.15, -0.1) is 0 Å². The predicted octanol–water partition coefficient (Wildman–Crippen LogP) is 2.97. The topological polar surface area (TPSA) is 68.4 Å². The molecule has 0 aliphatic rings. The number of nitrogen functional groups attached to an aromatic ring is 1. The summed E-state index contributed by atoms with van der Waals surface area (Å²) in [5.41, 5.74) is 5.07. The Kier molecular flexibility index (Phi) is 3.80. The zero-order valence-corrected chi connectivity index (χ0v) is 10.2. The van der Waals surface area contributed by atoms with Gasteiger partial charge in [0, 0.05) is 6.07 Å². The minimum Gasteiger partial charge on any atom is -0.439 e. The lowest BCUT2D eigenvalue weighted by Gasteiger charge is -2.10. The second-order valence-electron chi connectivity index (χ2n) is 4.02. The number of pyridine rings is 1. The summed E-state index contributed by atoms with van der Waals surface area (Å²) in [6, 6.07) is 7.73. The van der Waals surface area contributed by atoms with Crippen molar-refractivity contribution < 1.29 is 23.0 Å². The highest BCUT2D eigenvalue weighted by Gasteiger charge is 2.31. The monoisotopic (exact) mass is 284 g/mol. The molecule has 0 saturated carbocycles. The molecular weight excluding hydrogens is 273 g/mol. The van der Waals surface area contributed by atoms with Gasteiger partial charge in [0.1, 0.15) is 11.6 Å². The van der Waals surface area contributed by atoms with Crippen LogP contribution in [0.15, 0.2) is 36.4 Å². The number of anilines is 1. The van der Waals surface area contributed by atoms with Crippen molar-refractivity contribution in [2.45, 2.75) is 12.8 Å². The highest BCUT2D eigenvalue weighted by Crippen LogP contribution is 2.33. The van der Waals surface area contributed by atoms with Crippen LogP contribution in [0.5, 0.6) is 11.6 Å². The summed E-state index contributed by atoms with van der Waals surface area (Å²) in [7, 11) is 0.